The summed E-state index contributed by atoms with van der Waals surface area (Å²) >= 11 is 0. The van der Waals surface area contributed by atoms with Gasteiger partial charge in [0.25, 0.3) is 0 Å². The first-order valence-electron chi connectivity index (χ1n) is 7.18. The first kappa shape index (κ1) is 14.5. The van der Waals surface area contributed by atoms with Crippen LogP contribution in [0.5, 0.6) is 0 Å². The maximum Gasteiger partial charge on any atom is 0.220 e. The van der Waals surface area contributed by atoms with Gasteiger partial charge < -0.3 is 10.4 Å². The van der Waals surface area contributed by atoms with Crippen molar-refractivity contribution in [2.45, 2.75) is 70.8 Å². The largest absolute Gasteiger partial charge is 0.393 e. The highest BCUT2D eigenvalue weighted by atomic mass is 16.3. The van der Waals surface area contributed by atoms with Crippen LogP contribution in [0.4, 0.5) is 0 Å². The molecule has 2 unspecified atom stereocenters. The number of hydrogen-bond acceptors (Lipinski definition) is 2. The molecule has 0 aromatic heterocycles. The Kier molecular flexibility index (Phi) is 7.25. The Bertz CT molecular complexity index is 218. The summed E-state index contributed by atoms with van der Waals surface area (Å²) in [4.78, 5) is 11.5. The Morgan fingerprint density at radius 3 is 2.65 bits per heavy atom. The summed E-state index contributed by atoms with van der Waals surface area (Å²) < 4.78 is 0. The number of aliphatic hydroxyl groups is 1. The average Bonchev–Trinajstić information content (AvgIpc) is 2.72. The number of carbonyl (C=O) groups is 1. The monoisotopic (exact) mass is 241 g/mol. The molecule has 100 valence electrons. The highest BCUT2D eigenvalue weighted by Crippen LogP contribution is 2.24. The molecule has 0 aromatic carbocycles. The van der Waals surface area contributed by atoms with Crippen molar-refractivity contribution in [2.24, 2.45) is 5.92 Å². The molecule has 0 aromatic rings. The molecular formula is C14H27NO2. The van der Waals surface area contributed by atoms with Gasteiger partial charge in [-0.2, -0.15) is 0 Å². The molecule has 2 N–H and O–H groups in total. The fraction of sp³-hybridized carbons (Fsp3) is 0.929. The van der Waals surface area contributed by atoms with Crippen molar-refractivity contribution in [1.29, 1.82) is 0 Å². The summed E-state index contributed by atoms with van der Waals surface area (Å²) in [6.07, 6.45) is 9.42. The SMILES string of the molecule is CCCCCCCC(=O)NCC1CCCC1O. The summed E-state index contributed by atoms with van der Waals surface area (Å²) in [5, 5.41) is 12.6. The molecule has 1 aliphatic carbocycles. The van der Waals surface area contributed by atoms with Gasteiger partial charge in [-0.05, 0) is 19.3 Å². The van der Waals surface area contributed by atoms with Gasteiger partial charge in [-0.3, -0.25) is 4.79 Å². The van der Waals surface area contributed by atoms with Crippen LogP contribution in [0.25, 0.3) is 0 Å². The Morgan fingerprint density at radius 2 is 2.00 bits per heavy atom. The number of hydrogen-bond donors (Lipinski definition) is 2. The lowest BCUT2D eigenvalue weighted by molar-refractivity contribution is -0.121. The molecule has 3 nitrogen and oxygen atoms in total. The van der Waals surface area contributed by atoms with Gasteiger partial charge >= 0.3 is 0 Å². The zero-order valence-electron chi connectivity index (χ0n) is 11.1. The molecule has 0 bridgehead atoms. The van der Waals surface area contributed by atoms with Crippen LogP contribution in [-0.2, 0) is 4.79 Å². The van der Waals surface area contributed by atoms with Gasteiger partial charge in [0, 0.05) is 18.9 Å². The predicted octanol–water partition coefficient (Wildman–Crippen LogP) is 2.62. The minimum absolute atomic E-state index is 0.153. The van der Waals surface area contributed by atoms with Crippen molar-refractivity contribution in [3.63, 3.8) is 0 Å². The Labute approximate surface area is 105 Å². The zero-order valence-corrected chi connectivity index (χ0v) is 11.1. The molecule has 1 aliphatic rings. The van der Waals surface area contributed by atoms with E-state index in [0.717, 1.165) is 32.1 Å². The molecule has 1 saturated carbocycles. The lowest BCUT2D eigenvalue weighted by Crippen LogP contribution is -2.32. The molecule has 1 fully saturated rings. The molecule has 0 aliphatic heterocycles. The molecule has 3 heteroatoms. The molecule has 0 heterocycles. The maximum atomic E-state index is 11.5. The van der Waals surface area contributed by atoms with E-state index >= 15 is 0 Å². The van der Waals surface area contributed by atoms with E-state index in [1.165, 1.54) is 19.3 Å². The molecule has 1 amide bonds. The predicted molar refractivity (Wildman–Crippen MR) is 69.7 cm³/mol. The summed E-state index contributed by atoms with van der Waals surface area (Å²) in [5.74, 6) is 0.444. The lowest BCUT2D eigenvalue weighted by atomic mass is 10.1. The second-order valence-corrected chi connectivity index (χ2v) is 5.23. The van der Waals surface area contributed by atoms with E-state index in [1.54, 1.807) is 0 Å². The molecular weight excluding hydrogens is 214 g/mol. The Hall–Kier alpha value is -0.570. The van der Waals surface area contributed by atoms with E-state index in [-0.39, 0.29) is 12.0 Å². The van der Waals surface area contributed by atoms with Crippen molar-refractivity contribution in [3.05, 3.63) is 0 Å². The van der Waals surface area contributed by atoms with Gasteiger partial charge in [0.1, 0.15) is 0 Å². The smallest absolute Gasteiger partial charge is 0.220 e. The van der Waals surface area contributed by atoms with Gasteiger partial charge in [0.05, 0.1) is 6.10 Å². The third-order valence-corrected chi connectivity index (χ3v) is 3.69. The van der Waals surface area contributed by atoms with Gasteiger partial charge in [-0.15, -0.1) is 0 Å². The third-order valence-electron chi connectivity index (χ3n) is 3.69. The highest BCUT2D eigenvalue weighted by molar-refractivity contribution is 5.75. The number of aliphatic hydroxyl groups excluding tert-OH is 1. The number of amides is 1. The molecule has 0 spiro atoms. The van der Waals surface area contributed by atoms with E-state index in [9.17, 15) is 9.90 Å². The second kappa shape index (κ2) is 8.51. The van der Waals surface area contributed by atoms with Crippen molar-refractivity contribution >= 4 is 5.91 Å². The number of carbonyl (C=O) groups excluding carboxylic acids is 1. The van der Waals surface area contributed by atoms with Gasteiger partial charge in [-0.1, -0.05) is 39.0 Å². The summed E-state index contributed by atoms with van der Waals surface area (Å²) in [6.45, 7) is 2.86. The molecule has 17 heavy (non-hydrogen) atoms. The minimum atomic E-state index is -0.195. The van der Waals surface area contributed by atoms with E-state index in [4.69, 9.17) is 0 Å². The molecule has 0 saturated heterocycles. The lowest BCUT2D eigenvalue weighted by Gasteiger charge is -2.14. The Balaban J connectivity index is 1.97. The van der Waals surface area contributed by atoms with Crippen LogP contribution in [0.1, 0.15) is 64.7 Å². The summed E-state index contributed by atoms with van der Waals surface area (Å²) in [7, 11) is 0. The quantitative estimate of drug-likeness (QED) is 0.642. The van der Waals surface area contributed by atoms with Crippen LogP contribution in [-0.4, -0.2) is 23.7 Å². The zero-order chi connectivity index (χ0) is 12.5. The standard InChI is InChI=1S/C14H27NO2/c1-2-3-4-5-6-10-14(17)15-11-12-8-7-9-13(12)16/h12-13,16H,2-11H2,1H3,(H,15,17). The van der Waals surface area contributed by atoms with E-state index in [0.29, 0.717) is 18.9 Å². The van der Waals surface area contributed by atoms with Crippen LogP contribution >= 0.6 is 0 Å². The number of nitrogens with one attached hydrogen (secondary N) is 1. The van der Waals surface area contributed by atoms with Gasteiger partial charge in [0.2, 0.25) is 5.91 Å². The second-order valence-electron chi connectivity index (χ2n) is 5.23. The molecule has 2 atom stereocenters. The van der Waals surface area contributed by atoms with Crippen molar-refractivity contribution in [2.75, 3.05) is 6.54 Å². The fourth-order valence-electron chi connectivity index (χ4n) is 2.48. The van der Waals surface area contributed by atoms with Crippen LogP contribution in [0.3, 0.4) is 0 Å². The summed E-state index contributed by atoms with van der Waals surface area (Å²) in [6, 6.07) is 0. The van der Waals surface area contributed by atoms with Crippen molar-refractivity contribution < 1.29 is 9.90 Å². The Morgan fingerprint density at radius 1 is 1.24 bits per heavy atom. The van der Waals surface area contributed by atoms with Crippen LogP contribution in [0.2, 0.25) is 0 Å². The normalized spacial score (nSPS) is 23.9. The maximum absolute atomic E-state index is 11.5. The number of rotatable bonds is 8. The third kappa shape index (κ3) is 6.06. The minimum Gasteiger partial charge on any atom is -0.393 e. The van der Waals surface area contributed by atoms with Crippen molar-refractivity contribution in [1.82, 2.24) is 5.32 Å². The summed E-state index contributed by atoms with van der Waals surface area (Å²) in [5.41, 5.74) is 0. The highest BCUT2D eigenvalue weighted by Gasteiger charge is 2.25. The van der Waals surface area contributed by atoms with Crippen LogP contribution < -0.4 is 5.32 Å². The van der Waals surface area contributed by atoms with E-state index in [2.05, 4.69) is 12.2 Å². The first-order chi connectivity index (χ1) is 8.24. The fourth-order valence-corrected chi connectivity index (χ4v) is 2.48. The van der Waals surface area contributed by atoms with Crippen LogP contribution in [0, 0.1) is 5.92 Å². The van der Waals surface area contributed by atoms with E-state index < -0.39 is 0 Å². The van der Waals surface area contributed by atoms with Crippen LogP contribution in [0.15, 0.2) is 0 Å². The first-order valence-corrected chi connectivity index (χ1v) is 7.18. The van der Waals surface area contributed by atoms with E-state index in [1.807, 2.05) is 0 Å². The van der Waals surface area contributed by atoms with Crippen molar-refractivity contribution in [3.8, 4) is 0 Å². The average molecular weight is 241 g/mol. The molecule has 1 rings (SSSR count). The topological polar surface area (TPSA) is 49.3 Å². The molecule has 0 radical (unpaired) electrons. The van der Waals surface area contributed by atoms with Gasteiger partial charge in [-0.25, -0.2) is 0 Å². The number of unbranched alkanes of at least 4 members (excludes halogenated alkanes) is 4. The van der Waals surface area contributed by atoms with Gasteiger partial charge in [0.15, 0.2) is 0 Å².